The molecule has 1 aliphatic rings. The van der Waals surface area contributed by atoms with Gasteiger partial charge in [0.25, 0.3) is 0 Å². The number of pyridine rings is 1. The Labute approximate surface area is 132 Å². The number of rotatable bonds is 1. The minimum Gasteiger partial charge on any atom is -0.278 e. The van der Waals surface area contributed by atoms with Crippen molar-refractivity contribution in [1.29, 1.82) is 0 Å². The Morgan fingerprint density at radius 2 is 1.78 bits per heavy atom. The molecule has 112 valence electrons. The molecule has 0 spiro atoms. The number of fused-ring (bicyclic) bond motifs is 5. The highest BCUT2D eigenvalue weighted by atomic mass is 19.1. The Bertz CT molecular complexity index is 1050. The lowest BCUT2D eigenvalue weighted by Gasteiger charge is -2.12. The number of aromatic nitrogens is 3. The van der Waals surface area contributed by atoms with Gasteiger partial charge in [-0.2, -0.15) is 5.10 Å². The van der Waals surface area contributed by atoms with Crippen LogP contribution in [0.25, 0.3) is 33.1 Å². The molecule has 0 unspecified atom stereocenters. The number of aromatic amines is 1. The molecule has 2 aromatic carbocycles. The number of hydrogen-bond acceptors (Lipinski definition) is 2. The first-order chi connectivity index (χ1) is 11.3. The average Bonchev–Trinajstić information content (AvgIpc) is 3.23. The van der Waals surface area contributed by atoms with Gasteiger partial charge in [0.2, 0.25) is 0 Å². The number of nitrogens with zero attached hydrogens (tertiary/aromatic N) is 2. The standard InChI is InChI=1S/C19H14FN3/c20-12-6-4-11(5-7-12)19-14-3-1-2-13(14)18-15-10-21-23-16(15)8-9-17(18)22-19/h4-10H,1-3H2,(H,21,23). The summed E-state index contributed by atoms with van der Waals surface area (Å²) in [6.45, 7) is 0. The van der Waals surface area contributed by atoms with E-state index >= 15 is 0 Å². The number of aryl methyl sites for hydroxylation is 1. The minimum atomic E-state index is -0.216. The largest absolute Gasteiger partial charge is 0.278 e. The molecule has 4 heteroatoms. The van der Waals surface area contributed by atoms with Crippen LogP contribution in [0.4, 0.5) is 4.39 Å². The quantitative estimate of drug-likeness (QED) is 0.566. The third kappa shape index (κ3) is 1.81. The zero-order valence-electron chi connectivity index (χ0n) is 12.4. The van der Waals surface area contributed by atoms with Crippen molar-refractivity contribution in [2.24, 2.45) is 0 Å². The summed E-state index contributed by atoms with van der Waals surface area (Å²) in [5.41, 5.74) is 6.69. The highest BCUT2D eigenvalue weighted by Gasteiger charge is 2.22. The Kier molecular flexibility index (Phi) is 2.56. The second-order valence-electron chi connectivity index (χ2n) is 6.07. The first kappa shape index (κ1) is 12.8. The maximum Gasteiger partial charge on any atom is 0.123 e. The molecular weight excluding hydrogens is 289 g/mol. The zero-order chi connectivity index (χ0) is 15.4. The van der Waals surface area contributed by atoms with Gasteiger partial charge in [-0.15, -0.1) is 0 Å². The van der Waals surface area contributed by atoms with Gasteiger partial charge < -0.3 is 0 Å². The molecule has 23 heavy (non-hydrogen) atoms. The normalized spacial score (nSPS) is 13.8. The fourth-order valence-corrected chi connectivity index (χ4v) is 3.73. The molecule has 0 aliphatic heterocycles. The van der Waals surface area contributed by atoms with Gasteiger partial charge in [0.05, 0.1) is 22.9 Å². The van der Waals surface area contributed by atoms with Crippen molar-refractivity contribution in [2.45, 2.75) is 19.3 Å². The summed E-state index contributed by atoms with van der Waals surface area (Å²) in [4.78, 5) is 4.91. The number of halogens is 1. The molecule has 4 aromatic rings. The van der Waals surface area contributed by atoms with Crippen LogP contribution in [0, 0.1) is 5.82 Å². The zero-order valence-corrected chi connectivity index (χ0v) is 12.4. The van der Waals surface area contributed by atoms with Crippen molar-refractivity contribution in [1.82, 2.24) is 15.2 Å². The van der Waals surface area contributed by atoms with Crippen molar-refractivity contribution in [3.63, 3.8) is 0 Å². The Morgan fingerprint density at radius 3 is 2.65 bits per heavy atom. The molecule has 0 fully saturated rings. The summed E-state index contributed by atoms with van der Waals surface area (Å²) >= 11 is 0. The molecule has 2 heterocycles. The van der Waals surface area contributed by atoms with E-state index in [1.165, 1.54) is 28.6 Å². The number of H-pyrrole nitrogens is 1. The molecule has 0 atom stereocenters. The van der Waals surface area contributed by atoms with E-state index in [1.807, 2.05) is 30.5 Å². The molecule has 0 amide bonds. The first-order valence-electron chi connectivity index (χ1n) is 7.85. The van der Waals surface area contributed by atoms with Crippen molar-refractivity contribution < 1.29 is 4.39 Å². The SMILES string of the molecule is Fc1ccc(-c2nc3ccc4[nH]ncc4c3c3c2CCC3)cc1. The summed E-state index contributed by atoms with van der Waals surface area (Å²) in [6, 6.07) is 10.7. The van der Waals surface area contributed by atoms with Crippen molar-refractivity contribution >= 4 is 21.8 Å². The average molecular weight is 303 g/mol. The highest BCUT2D eigenvalue weighted by Crippen LogP contribution is 2.38. The lowest BCUT2D eigenvalue weighted by Crippen LogP contribution is -1.96. The van der Waals surface area contributed by atoms with Gasteiger partial charge in [-0.3, -0.25) is 5.10 Å². The fourth-order valence-electron chi connectivity index (χ4n) is 3.73. The molecule has 1 aliphatic carbocycles. The van der Waals surface area contributed by atoms with Crippen LogP contribution in [0.2, 0.25) is 0 Å². The number of nitrogens with one attached hydrogen (secondary N) is 1. The Hall–Kier alpha value is -2.75. The maximum atomic E-state index is 13.2. The molecule has 0 bridgehead atoms. The van der Waals surface area contributed by atoms with Crippen molar-refractivity contribution in [2.75, 3.05) is 0 Å². The monoisotopic (exact) mass is 303 g/mol. The summed E-state index contributed by atoms with van der Waals surface area (Å²) in [6.07, 6.45) is 5.11. The van der Waals surface area contributed by atoms with Gasteiger partial charge in [-0.1, -0.05) is 0 Å². The molecule has 0 radical (unpaired) electrons. The number of benzene rings is 2. The second-order valence-corrected chi connectivity index (χ2v) is 6.07. The maximum absolute atomic E-state index is 13.2. The fraction of sp³-hybridized carbons (Fsp3) is 0.158. The molecule has 3 nitrogen and oxygen atoms in total. The van der Waals surface area contributed by atoms with E-state index in [1.54, 1.807) is 0 Å². The third-order valence-electron chi connectivity index (χ3n) is 4.76. The van der Waals surface area contributed by atoms with Crippen molar-refractivity contribution in [3.05, 3.63) is 59.5 Å². The van der Waals surface area contributed by atoms with E-state index in [0.717, 1.165) is 46.9 Å². The molecular formula is C19H14FN3. The smallest absolute Gasteiger partial charge is 0.123 e. The highest BCUT2D eigenvalue weighted by molar-refractivity contribution is 6.07. The van der Waals surface area contributed by atoms with Gasteiger partial charge in [-0.05, 0) is 66.8 Å². The van der Waals surface area contributed by atoms with Crippen molar-refractivity contribution in [3.8, 4) is 11.3 Å². The molecule has 1 N–H and O–H groups in total. The number of hydrogen-bond donors (Lipinski definition) is 1. The van der Waals surface area contributed by atoms with E-state index < -0.39 is 0 Å². The predicted octanol–water partition coefficient (Wildman–Crippen LogP) is 4.41. The van der Waals surface area contributed by atoms with E-state index in [4.69, 9.17) is 4.98 Å². The third-order valence-corrected chi connectivity index (χ3v) is 4.76. The molecule has 0 saturated carbocycles. The Morgan fingerprint density at radius 1 is 0.957 bits per heavy atom. The van der Waals surface area contributed by atoms with Gasteiger partial charge in [0, 0.05) is 16.3 Å². The van der Waals surface area contributed by atoms with E-state index in [9.17, 15) is 4.39 Å². The first-order valence-corrected chi connectivity index (χ1v) is 7.85. The van der Waals surface area contributed by atoms with Gasteiger partial charge in [0.1, 0.15) is 5.82 Å². The van der Waals surface area contributed by atoms with Crippen LogP contribution < -0.4 is 0 Å². The topological polar surface area (TPSA) is 41.6 Å². The summed E-state index contributed by atoms with van der Waals surface area (Å²) in [7, 11) is 0. The van der Waals surface area contributed by atoms with Gasteiger partial charge in [0.15, 0.2) is 0 Å². The predicted molar refractivity (Wildman–Crippen MR) is 88.8 cm³/mol. The van der Waals surface area contributed by atoms with Crippen LogP contribution in [0.15, 0.2) is 42.6 Å². The van der Waals surface area contributed by atoms with Crippen LogP contribution in [0.5, 0.6) is 0 Å². The lowest BCUT2D eigenvalue weighted by atomic mass is 9.97. The van der Waals surface area contributed by atoms with Crippen LogP contribution in [0.1, 0.15) is 17.5 Å². The van der Waals surface area contributed by atoms with E-state index in [0.29, 0.717) is 0 Å². The van der Waals surface area contributed by atoms with Gasteiger partial charge >= 0.3 is 0 Å². The van der Waals surface area contributed by atoms with E-state index in [-0.39, 0.29) is 5.82 Å². The minimum absolute atomic E-state index is 0.216. The summed E-state index contributed by atoms with van der Waals surface area (Å²) < 4.78 is 13.2. The molecule has 5 rings (SSSR count). The molecule has 0 saturated heterocycles. The summed E-state index contributed by atoms with van der Waals surface area (Å²) in [5, 5.41) is 9.56. The second kappa shape index (κ2) is 4.62. The lowest BCUT2D eigenvalue weighted by molar-refractivity contribution is 0.628. The van der Waals surface area contributed by atoms with Crippen LogP contribution in [-0.2, 0) is 12.8 Å². The van der Waals surface area contributed by atoms with Crippen LogP contribution in [-0.4, -0.2) is 15.2 Å². The summed E-state index contributed by atoms with van der Waals surface area (Å²) in [5.74, 6) is -0.216. The van der Waals surface area contributed by atoms with E-state index in [2.05, 4.69) is 10.2 Å². The van der Waals surface area contributed by atoms with Crippen LogP contribution >= 0.6 is 0 Å². The Balaban J connectivity index is 1.88. The van der Waals surface area contributed by atoms with Crippen LogP contribution in [0.3, 0.4) is 0 Å². The van der Waals surface area contributed by atoms with Gasteiger partial charge in [-0.25, -0.2) is 9.37 Å². The molecule has 2 aromatic heterocycles.